The van der Waals surface area contributed by atoms with Crippen LogP contribution >= 0.6 is 0 Å². The minimum Gasteiger partial charge on any atom is -0.368 e. The van der Waals surface area contributed by atoms with E-state index in [1.807, 2.05) is 30.5 Å². The monoisotopic (exact) mass is 312 g/mol. The summed E-state index contributed by atoms with van der Waals surface area (Å²) in [4.78, 5) is 8.70. The molecule has 0 aliphatic carbocycles. The maximum Gasteiger partial charge on any atom is 0.240 e. The van der Waals surface area contributed by atoms with Crippen LogP contribution in [0.1, 0.15) is 0 Å². The van der Waals surface area contributed by atoms with Gasteiger partial charge in [-0.3, -0.25) is 0 Å². The van der Waals surface area contributed by atoms with Crippen molar-refractivity contribution in [2.75, 3.05) is 41.7 Å². The molecule has 1 aromatic carbocycles. The first-order valence-corrected chi connectivity index (χ1v) is 7.56. The van der Waals surface area contributed by atoms with E-state index in [-0.39, 0.29) is 11.8 Å². The smallest absolute Gasteiger partial charge is 0.240 e. The minimum atomic E-state index is -0.201. The molecule has 23 heavy (non-hydrogen) atoms. The van der Waals surface area contributed by atoms with Crippen LogP contribution in [0.15, 0.2) is 42.6 Å². The summed E-state index contributed by atoms with van der Waals surface area (Å²) >= 11 is 0. The van der Waals surface area contributed by atoms with Gasteiger partial charge < -0.3 is 15.5 Å². The topological polar surface area (TPSA) is 62.7 Å². The van der Waals surface area contributed by atoms with Crippen LogP contribution in [0, 0.1) is 5.82 Å². The molecular weight excluding hydrogens is 295 g/mol. The highest BCUT2D eigenvalue weighted by atomic mass is 19.1. The van der Waals surface area contributed by atoms with E-state index >= 15 is 0 Å². The van der Waals surface area contributed by atoms with Crippen molar-refractivity contribution in [2.45, 2.75) is 0 Å². The molecule has 1 aliphatic rings. The number of piperazine rings is 1. The Morgan fingerprint density at radius 2 is 1.48 bits per heavy atom. The predicted molar refractivity (Wildman–Crippen MR) is 88.2 cm³/mol. The number of anilines is 3. The number of aromatic nitrogens is 3. The van der Waals surface area contributed by atoms with Crippen molar-refractivity contribution in [3.63, 3.8) is 0 Å². The maximum atomic E-state index is 13.0. The third kappa shape index (κ3) is 2.65. The predicted octanol–water partition coefficient (Wildman–Crippen LogP) is 1.78. The van der Waals surface area contributed by atoms with Crippen molar-refractivity contribution in [1.29, 1.82) is 0 Å². The Labute approximate surface area is 132 Å². The quantitative estimate of drug-likeness (QED) is 0.781. The molecule has 0 unspecified atom stereocenters. The van der Waals surface area contributed by atoms with Gasteiger partial charge in [-0.2, -0.15) is 4.98 Å². The minimum absolute atomic E-state index is 0.201. The number of halogens is 1. The fraction of sp³-hybridized carbons (Fsp3) is 0.250. The Hall–Kier alpha value is -2.83. The van der Waals surface area contributed by atoms with Crippen LogP contribution in [0.3, 0.4) is 0 Å². The molecule has 1 saturated heterocycles. The zero-order valence-corrected chi connectivity index (χ0v) is 12.6. The zero-order chi connectivity index (χ0) is 15.8. The van der Waals surface area contributed by atoms with Crippen molar-refractivity contribution in [2.24, 2.45) is 0 Å². The third-order valence-electron chi connectivity index (χ3n) is 4.17. The molecular formula is C16H17FN6. The Morgan fingerprint density at radius 1 is 0.870 bits per heavy atom. The van der Waals surface area contributed by atoms with E-state index in [0.717, 1.165) is 43.2 Å². The van der Waals surface area contributed by atoms with Crippen LogP contribution < -0.4 is 15.5 Å². The lowest BCUT2D eigenvalue weighted by molar-refractivity contribution is 0.624. The van der Waals surface area contributed by atoms with Crippen molar-refractivity contribution in [3.05, 3.63) is 48.4 Å². The summed E-state index contributed by atoms with van der Waals surface area (Å²) in [6.07, 6.45) is 1.95. The molecule has 4 rings (SSSR count). The van der Waals surface area contributed by atoms with Gasteiger partial charge in [0, 0.05) is 31.9 Å². The number of hydrogen-bond donors (Lipinski definition) is 1. The lowest BCUT2D eigenvalue weighted by Crippen LogP contribution is -2.46. The van der Waals surface area contributed by atoms with Crippen molar-refractivity contribution in [1.82, 2.24) is 14.6 Å². The fourth-order valence-electron chi connectivity index (χ4n) is 2.95. The highest BCUT2D eigenvalue weighted by Crippen LogP contribution is 2.21. The van der Waals surface area contributed by atoms with E-state index in [4.69, 9.17) is 5.73 Å². The molecule has 0 radical (unpaired) electrons. The van der Waals surface area contributed by atoms with Gasteiger partial charge in [0.15, 0.2) is 5.65 Å². The highest BCUT2D eigenvalue weighted by molar-refractivity contribution is 5.54. The molecule has 7 heteroatoms. The molecule has 0 spiro atoms. The Bertz CT molecular complexity index is 820. The Kier molecular flexibility index (Phi) is 3.25. The van der Waals surface area contributed by atoms with Gasteiger partial charge >= 0.3 is 0 Å². The molecule has 3 aromatic rings. The Morgan fingerprint density at radius 3 is 2.17 bits per heavy atom. The molecule has 3 heterocycles. The Balaban J connectivity index is 1.48. The number of nitrogens with zero attached hydrogens (tertiary/aromatic N) is 5. The van der Waals surface area contributed by atoms with Gasteiger partial charge in [-0.1, -0.05) is 0 Å². The van der Waals surface area contributed by atoms with Crippen LogP contribution in [0.25, 0.3) is 5.65 Å². The molecule has 118 valence electrons. The second-order valence-electron chi connectivity index (χ2n) is 5.61. The van der Waals surface area contributed by atoms with Crippen molar-refractivity contribution >= 4 is 23.0 Å². The number of nitrogens with two attached hydrogens (primary N) is 1. The van der Waals surface area contributed by atoms with Crippen LogP contribution in [0.4, 0.5) is 21.7 Å². The third-order valence-corrected chi connectivity index (χ3v) is 4.17. The highest BCUT2D eigenvalue weighted by Gasteiger charge is 2.18. The molecule has 0 amide bonds. The molecule has 2 aromatic heterocycles. The van der Waals surface area contributed by atoms with Gasteiger partial charge in [0.05, 0.1) is 11.9 Å². The number of fused-ring (bicyclic) bond motifs is 1. The maximum absolute atomic E-state index is 13.0. The average Bonchev–Trinajstić information content (AvgIpc) is 2.95. The van der Waals surface area contributed by atoms with Gasteiger partial charge in [-0.15, -0.1) is 5.10 Å². The molecule has 2 N–H and O–H groups in total. The molecule has 1 fully saturated rings. The van der Waals surface area contributed by atoms with E-state index < -0.39 is 0 Å². The number of nitrogen functional groups attached to an aromatic ring is 1. The summed E-state index contributed by atoms with van der Waals surface area (Å²) in [6.45, 7) is 3.58. The molecule has 6 nitrogen and oxygen atoms in total. The molecule has 0 saturated carbocycles. The van der Waals surface area contributed by atoms with E-state index in [1.165, 1.54) is 12.1 Å². The number of hydrogen-bond acceptors (Lipinski definition) is 5. The van der Waals surface area contributed by atoms with Gasteiger partial charge in [-0.05, 0) is 36.4 Å². The first-order chi connectivity index (χ1) is 11.2. The van der Waals surface area contributed by atoms with Gasteiger partial charge in [0.2, 0.25) is 5.95 Å². The average molecular weight is 312 g/mol. The van der Waals surface area contributed by atoms with E-state index in [0.29, 0.717) is 0 Å². The number of benzene rings is 1. The SMILES string of the molecule is Nc1nc2ccc(N3CCN(c4ccc(F)cc4)CC3)cn2n1. The summed E-state index contributed by atoms with van der Waals surface area (Å²) in [5, 5.41) is 4.15. The largest absolute Gasteiger partial charge is 0.368 e. The first kappa shape index (κ1) is 13.8. The number of pyridine rings is 1. The van der Waals surface area contributed by atoms with E-state index in [9.17, 15) is 4.39 Å². The second-order valence-corrected chi connectivity index (χ2v) is 5.61. The van der Waals surface area contributed by atoms with Gasteiger partial charge in [0.25, 0.3) is 0 Å². The molecule has 0 bridgehead atoms. The summed E-state index contributed by atoms with van der Waals surface area (Å²) in [7, 11) is 0. The number of rotatable bonds is 2. The standard InChI is InChI=1S/C16H17FN6/c17-12-1-3-13(4-2-12)21-7-9-22(10-8-21)14-5-6-15-19-16(18)20-23(15)11-14/h1-6,11H,7-10H2,(H2,18,20). The lowest BCUT2D eigenvalue weighted by Gasteiger charge is -2.37. The normalized spacial score (nSPS) is 15.3. The lowest BCUT2D eigenvalue weighted by atomic mass is 10.2. The summed E-state index contributed by atoms with van der Waals surface area (Å²) in [5.74, 6) is 0.0797. The van der Waals surface area contributed by atoms with Gasteiger partial charge in [-0.25, -0.2) is 8.91 Å². The van der Waals surface area contributed by atoms with Crippen molar-refractivity contribution in [3.8, 4) is 0 Å². The van der Waals surface area contributed by atoms with E-state index in [1.54, 1.807) is 4.52 Å². The zero-order valence-electron chi connectivity index (χ0n) is 12.6. The molecule has 1 aliphatic heterocycles. The van der Waals surface area contributed by atoms with Crippen LogP contribution in [-0.4, -0.2) is 40.8 Å². The van der Waals surface area contributed by atoms with Crippen LogP contribution in [-0.2, 0) is 0 Å². The van der Waals surface area contributed by atoms with Crippen LogP contribution in [0.5, 0.6) is 0 Å². The van der Waals surface area contributed by atoms with Gasteiger partial charge in [0.1, 0.15) is 5.82 Å². The summed E-state index contributed by atoms with van der Waals surface area (Å²) in [5.41, 5.74) is 8.53. The summed E-state index contributed by atoms with van der Waals surface area (Å²) < 4.78 is 14.7. The summed E-state index contributed by atoms with van der Waals surface area (Å²) in [6, 6.07) is 10.6. The second kappa shape index (κ2) is 5.42. The van der Waals surface area contributed by atoms with Crippen molar-refractivity contribution < 1.29 is 4.39 Å². The first-order valence-electron chi connectivity index (χ1n) is 7.56. The van der Waals surface area contributed by atoms with E-state index in [2.05, 4.69) is 19.9 Å². The fourth-order valence-corrected chi connectivity index (χ4v) is 2.95. The van der Waals surface area contributed by atoms with Crippen LogP contribution in [0.2, 0.25) is 0 Å². The molecule has 0 atom stereocenters.